The summed E-state index contributed by atoms with van der Waals surface area (Å²) in [5.74, 6) is 0. The van der Waals surface area contributed by atoms with Gasteiger partial charge in [-0.05, 0) is 19.9 Å². The molecule has 0 saturated heterocycles. The summed E-state index contributed by atoms with van der Waals surface area (Å²) in [5.41, 5.74) is 4.69. The van der Waals surface area contributed by atoms with E-state index in [2.05, 4.69) is 4.98 Å². The van der Waals surface area contributed by atoms with E-state index in [0.717, 1.165) is 6.07 Å². The summed E-state index contributed by atoms with van der Waals surface area (Å²) in [6.45, 7) is 2.96. The molecular weight excluding hydrogens is 252 g/mol. The molecule has 7 heteroatoms. The van der Waals surface area contributed by atoms with Crippen LogP contribution < -0.4 is 5.73 Å². The van der Waals surface area contributed by atoms with E-state index in [0.29, 0.717) is 5.69 Å². The van der Waals surface area contributed by atoms with Gasteiger partial charge in [0.2, 0.25) is 0 Å². The molecule has 0 radical (unpaired) electrons. The number of rotatable bonds is 0. The second-order valence-corrected chi connectivity index (χ2v) is 2.81. The topological polar surface area (TPSA) is 38.9 Å². The van der Waals surface area contributed by atoms with Crippen molar-refractivity contribution < 1.29 is 13.2 Å². The normalized spacial score (nSPS) is 10.2. The summed E-state index contributed by atoms with van der Waals surface area (Å²) in [7, 11) is 0. The molecule has 0 saturated carbocycles. The Morgan fingerprint density at radius 3 is 2.07 bits per heavy atom. The second kappa shape index (κ2) is 5.42. The Balaban J connectivity index is 0. The number of halogens is 5. The molecule has 1 rings (SSSR count). The maximum absolute atomic E-state index is 12.3. The standard InChI is InChI=1S/C8H9F3N2.2ClH/c1-4-3-6(8(9,10)11)7(12)5(2)13-4;;/h3H,12H2,1-2H3;2*1H. The van der Waals surface area contributed by atoms with Crippen LogP contribution in [0.3, 0.4) is 0 Å². The van der Waals surface area contributed by atoms with Gasteiger partial charge in [0.05, 0.1) is 16.9 Å². The van der Waals surface area contributed by atoms with Crippen LogP contribution in [0.1, 0.15) is 17.0 Å². The summed E-state index contributed by atoms with van der Waals surface area (Å²) in [6, 6.07) is 0.947. The quantitative estimate of drug-likeness (QED) is 0.780. The third-order valence-corrected chi connectivity index (χ3v) is 1.68. The molecule has 0 spiro atoms. The molecule has 0 aliphatic carbocycles. The van der Waals surface area contributed by atoms with Crippen molar-refractivity contribution in [3.63, 3.8) is 0 Å². The first kappa shape index (κ1) is 16.7. The summed E-state index contributed by atoms with van der Waals surface area (Å²) in [4.78, 5) is 3.82. The van der Waals surface area contributed by atoms with Crippen molar-refractivity contribution in [2.75, 3.05) is 5.73 Å². The van der Waals surface area contributed by atoms with Crippen molar-refractivity contribution in [1.82, 2.24) is 4.98 Å². The number of nitrogens with zero attached hydrogens (tertiary/aromatic N) is 1. The third kappa shape index (κ3) is 3.76. The number of nitrogens with two attached hydrogens (primary N) is 1. The largest absolute Gasteiger partial charge is 0.418 e. The molecule has 0 bridgehead atoms. The molecule has 88 valence electrons. The number of aromatic nitrogens is 1. The van der Waals surface area contributed by atoms with Crippen LogP contribution in [-0.4, -0.2) is 4.98 Å². The van der Waals surface area contributed by atoms with E-state index in [4.69, 9.17) is 5.73 Å². The minimum Gasteiger partial charge on any atom is -0.397 e. The summed E-state index contributed by atoms with van der Waals surface area (Å²) >= 11 is 0. The van der Waals surface area contributed by atoms with Crippen LogP contribution in [0.25, 0.3) is 0 Å². The Kier molecular flexibility index (Phi) is 6.04. The Labute approximate surface area is 97.9 Å². The van der Waals surface area contributed by atoms with Gasteiger partial charge in [-0.1, -0.05) is 0 Å². The van der Waals surface area contributed by atoms with Gasteiger partial charge in [0.15, 0.2) is 0 Å². The minimum absolute atomic E-state index is 0. The first-order valence-electron chi connectivity index (χ1n) is 3.63. The zero-order valence-electron chi connectivity index (χ0n) is 8.05. The van der Waals surface area contributed by atoms with E-state index in [1.165, 1.54) is 13.8 Å². The van der Waals surface area contributed by atoms with Gasteiger partial charge in [0.25, 0.3) is 0 Å². The molecular formula is C8H11Cl2F3N2. The molecule has 0 aromatic carbocycles. The molecule has 1 aromatic rings. The molecule has 0 aliphatic heterocycles. The maximum Gasteiger partial charge on any atom is 0.418 e. The van der Waals surface area contributed by atoms with E-state index >= 15 is 0 Å². The first-order chi connectivity index (χ1) is 5.82. The predicted octanol–water partition coefficient (Wildman–Crippen LogP) is 3.14. The number of nitrogen functional groups attached to an aromatic ring is 1. The zero-order chi connectivity index (χ0) is 10.2. The minimum atomic E-state index is -4.40. The van der Waals surface area contributed by atoms with Crippen molar-refractivity contribution in [2.45, 2.75) is 20.0 Å². The fraction of sp³-hybridized carbons (Fsp3) is 0.375. The number of hydrogen-bond donors (Lipinski definition) is 1. The van der Waals surface area contributed by atoms with Crippen molar-refractivity contribution in [3.05, 3.63) is 23.0 Å². The maximum atomic E-state index is 12.3. The number of pyridine rings is 1. The van der Waals surface area contributed by atoms with Gasteiger partial charge in [-0.3, -0.25) is 4.98 Å². The highest BCUT2D eigenvalue weighted by Crippen LogP contribution is 2.34. The van der Waals surface area contributed by atoms with E-state index in [9.17, 15) is 13.2 Å². The fourth-order valence-electron chi connectivity index (χ4n) is 1.07. The lowest BCUT2D eigenvalue weighted by molar-refractivity contribution is -0.137. The molecule has 1 heterocycles. The predicted molar refractivity (Wildman–Crippen MR) is 57.6 cm³/mol. The monoisotopic (exact) mass is 262 g/mol. The SMILES string of the molecule is Cc1cc(C(F)(F)F)c(N)c(C)n1.Cl.Cl. The van der Waals surface area contributed by atoms with Gasteiger partial charge in [0.1, 0.15) is 0 Å². The molecule has 0 amide bonds. The Morgan fingerprint density at radius 1 is 1.20 bits per heavy atom. The lowest BCUT2D eigenvalue weighted by Gasteiger charge is -2.11. The fourth-order valence-corrected chi connectivity index (χ4v) is 1.07. The molecule has 0 aliphatic rings. The van der Waals surface area contributed by atoms with Crippen molar-refractivity contribution >= 4 is 30.5 Å². The van der Waals surface area contributed by atoms with E-state index in [1.807, 2.05) is 0 Å². The number of hydrogen-bond acceptors (Lipinski definition) is 2. The van der Waals surface area contributed by atoms with Crippen LogP contribution in [0, 0.1) is 13.8 Å². The lowest BCUT2D eigenvalue weighted by Crippen LogP contribution is -2.11. The number of anilines is 1. The van der Waals surface area contributed by atoms with Gasteiger partial charge in [-0.2, -0.15) is 13.2 Å². The second-order valence-electron chi connectivity index (χ2n) is 2.81. The smallest absolute Gasteiger partial charge is 0.397 e. The number of alkyl halides is 3. The summed E-state index contributed by atoms with van der Waals surface area (Å²) < 4.78 is 36.9. The molecule has 1 aromatic heterocycles. The Morgan fingerprint density at radius 2 is 1.67 bits per heavy atom. The van der Waals surface area contributed by atoms with Gasteiger partial charge in [-0.15, -0.1) is 24.8 Å². The molecule has 0 atom stereocenters. The summed E-state index contributed by atoms with van der Waals surface area (Å²) in [6.07, 6.45) is -4.40. The summed E-state index contributed by atoms with van der Waals surface area (Å²) in [5, 5.41) is 0. The van der Waals surface area contributed by atoms with E-state index in [1.54, 1.807) is 0 Å². The van der Waals surface area contributed by atoms with Crippen molar-refractivity contribution in [2.24, 2.45) is 0 Å². The van der Waals surface area contributed by atoms with Crippen LogP contribution >= 0.6 is 24.8 Å². The molecule has 0 unspecified atom stereocenters. The van der Waals surface area contributed by atoms with Crippen LogP contribution in [0.15, 0.2) is 6.07 Å². The van der Waals surface area contributed by atoms with Crippen LogP contribution in [0.4, 0.5) is 18.9 Å². The molecule has 0 fully saturated rings. The van der Waals surface area contributed by atoms with Crippen LogP contribution in [0.5, 0.6) is 0 Å². The van der Waals surface area contributed by atoms with Crippen molar-refractivity contribution in [3.8, 4) is 0 Å². The highest BCUT2D eigenvalue weighted by molar-refractivity contribution is 5.85. The molecule has 2 N–H and O–H groups in total. The highest BCUT2D eigenvalue weighted by Gasteiger charge is 2.33. The molecule has 15 heavy (non-hydrogen) atoms. The van der Waals surface area contributed by atoms with E-state index < -0.39 is 11.7 Å². The Bertz CT molecular complexity index is 339. The van der Waals surface area contributed by atoms with Gasteiger partial charge < -0.3 is 5.73 Å². The van der Waals surface area contributed by atoms with Gasteiger partial charge in [0, 0.05) is 5.69 Å². The highest BCUT2D eigenvalue weighted by atomic mass is 35.5. The average Bonchev–Trinajstić information content (AvgIpc) is 1.94. The average molecular weight is 263 g/mol. The van der Waals surface area contributed by atoms with Gasteiger partial charge in [-0.25, -0.2) is 0 Å². The molecule has 2 nitrogen and oxygen atoms in total. The van der Waals surface area contributed by atoms with Crippen LogP contribution in [-0.2, 0) is 6.18 Å². The third-order valence-electron chi connectivity index (χ3n) is 1.68. The van der Waals surface area contributed by atoms with Gasteiger partial charge >= 0.3 is 6.18 Å². The lowest BCUT2D eigenvalue weighted by atomic mass is 10.1. The van der Waals surface area contributed by atoms with Crippen molar-refractivity contribution in [1.29, 1.82) is 0 Å². The number of aryl methyl sites for hydroxylation is 2. The first-order valence-corrected chi connectivity index (χ1v) is 3.63. The van der Waals surface area contributed by atoms with E-state index in [-0.39, 0.29) is 36.2 Å². The zero-order valence-corrected chi connectivity index (χ0v) is 9.69. The van der Waals surface area contributed by atoms with Crippen LogP contribution in [0.2, 0.25) is 0 Å². The Hall–Kier alpha value is -0.680.